The molecule has 3 heterocycles. The van der Waals surface area contributed by atoms with Crippen LogP contribution in [0, 0.1) is 6.92 Å². The summed E-state index contributed by atoms with van der Waals surface area (Å²) in [5.41, 5.74) is 1.82. The van der Waals surface area contributed by atoms with E-state index < -0.39 is 0 Å². The van der Waals surface area contributed by atoms with E-state index in [2.05, 4.69) is 35.5 Å². The molecule has 7 nitrogen and oxygen atoms in total. The van der Waals surface area contributed by atoms with Crippen molar-refractivity contribution in [3.05, 3.63) is 72.1 Å². The van der Waals surface area contributed by atoms with Crippen molar-refractivity contribution in [1.29, 1.82) is 0 Å². The van der Waals surface area contributed by atoms with Crippen LogP contribution in [0.4, 0.5) is 5.82 Å². The number of hydrogen-bond acceptors (Lipinski definition) is 7. The van der Waals surface area contributed by atoms with Crippen molar-refractivity contribution in [3.63, 3.8) is 0 Å². The molecule has 1 aliphatic rings. The molecule has 0 saturated heterocycles. The van der Waals surface area contributed by atoms with Gasteiger partial charge in [0.2, 0.25) is 0 Å². The van der Waals surface area contributed by atoms with Crippen LogP contribution in [0.25, 0.3) is 5.70 Å². The lowest BCUT2D eigenvalue weighted by Gasteiger charge is -2.26. The molecule has 4 rings (SSSR count). The molecule has 7 heteroatoms. The highest BCUT2D eigenvalue weighted by Gasteiger charge is 2.25. The summed E-state index contributed by atoms with van der Waals surface area (Å²) in [6, 6.07) is 13.4. The summed E-state index contributed by atoms with van der Waals surface area (Å²) in [6.45, 7) is 11.4. The van der Waals surface area contributed by atoms with Crippen molar-refractivity contribution in [2.24, 2.45) is 0 Å². The fourth-order valence-corrected chi connectivity index (χ4v) is 3.40. The largest absolute Gasteiger partial charge is 0.485 e. The summed E-state index contributed by atoms with van der Waals surface area (Å²) < 4.78 is 17.5. The van der Waals surface area contributed by atoms with E-state index in [0.29, 0.717) is 18.2 Å². The molecule has 33 heavy (non-hydrogen) atoms. The van der Waals surface area contributed by atoms with Gasteiger partial charge in [0, 0.05) is 24.3 Å². The Morgan fingerprint density at radius 1 is 1.15 bits per heavy atom. The van der Waals surface area contributed by atoms with Crippen LogP contribution in [0.15, 0.2) is 59.2 Å². The molecule has 0 saturated carbocycles. The monoisotopic (exact) mass is 450 g/mol. The van der Waals surface area contributed by atoms with Gasteiger partial charge in [-0.25, -0.2) is 9.97 Å². The van der Waals surface area contributed by atoms with Crippen LogP contribution < -0.4 is 20.1 Å². The number of hydrogen-bond donors (Lipinski definition) is 2. The Labute approximate surface area is 196 Å². The Morgan fingerprint density at radius 3 is 2.67 bits per heavy atom. The zero-order chi connectivity index (χ0) is 23.6. The summed E-state index contributed by atoms with van der Waals surface area (Å²) in [5.74, 6) is 3.60. The molecular formula is C26H34N4O3. The average molecular weight is 451 g/mol. The Bertz CT molecular complexity index is 1030. The molecule has 2 N–H and O–H groups in total. The van der Waals surface area contributed by atoms with E-state index in [4.69, 9.17) is 18.9 Å². The molecule has 2 atom stereocenters. The first kappa shape index (κ1) is 24.2. The number of anilines is 1. The number of nitrogens with one attached hydrogen (secondary N) is 2. The van der Waals surface area contributed by atoms with Crippen molar-refractivity contribution in [3.8, 4) is 11.5 Å². The van der Waals surface area contributed by atoms with E-state index in [-0.39, 0.29) is 12.1 Å². The Balaban J connectivity index is 0.00000149. The van der Waals surface area contributed by atoms with Gasteiger partial charge < -0.3 is 24.5 Å². The summed E-state index contributed by atoms with van der Waals surface area (Å²) in [7, 11) is 0. The summed E-state index contributed by atoms with van der Waals surface area (Å²) in [6.07, 6.45) is 4.45. The second kappa shape index (κ2) is 11.9. The standard InChI is InChI=1S/C24H28N4O3.C2H6/c1-4-11-25-18(19-10-7-12-29-19)13-16(2)26-23-14-17(3)27-24(28-23)22-15-30-20-8-5-6-9-21(20)31-22;1-2/h5-10,12-14,16,22,25H,4,11,15H2,1-3H3,(H,26,27,28);1-2H3/b18-13-;. The van der Waals surface area contributed by atoms with Gasteiger partial charge in [-0.2, -0.15) is 0 Å². The van der Waals surface area contributed by atoms with Crippen molar-refractivity contribution >= 4 is 11.5 Å². The highest BCUT2D eigenvalue weighted by molar-refractivity contribution is 5.61. The molecule has 2 aromatic heterocycles. The molecule has 0 aliphatic carbocycles. The van der Waals surface area contributed by atoms with Crippen molar-refractivity contribution in [2.75, 3.05) is 18.5 Å². The minimum absolute atomic E-state index is 0.0101. The smallest absolute Gasteiger partial charge is 0.192 e. The number of fused-ring (bicyclic) bond motifs is 1. The molecule has 3 aromatic rings. The van der Waals surface area contributed by atoms with Gasteiger partial charge in [-0.3, -0.25) is 0 Å². The molecule has 0 amide bonds. The Hall–Kier alpha value is -3.48. The lowest BCUT2D eigenvalue weighted by atomic mass is 10.2. The van der Waals surface area contributed by atoms with Gasteiger partial charge in [0.15, 0.2) is 23.4 Å². The highest BCUT2D eigenvalue weighted by Crippen LogP contribution is 2.35. The van der Waals surface area contributed by atoms with E-state index in [0.717, 1.165) is 41.7 Å². The van der Waals surface area contributed by atoms with Gasteiger partial charge in [0.1, 0.15) is 18.2 Å². The van der Waals surface area contributed by atoms with Crippen molar-refractivity contribution < 1.29 is 13.9 Å². The summed E-state index contributed by atoms with van der Waals surface area (Å²) in [5, 5.41) is 6.88. The molecule has 1 aliphatic heterocycles. The van der Waals surface area contributed by atoms with Gasteiger partial charge in [-0.15, -0.1) is 0 Å². The third kappa shape index (κ3) is 6.51. The maximum Gasteiger partial charge on any atom is 0.192 e. The second-order valence-electron chi connectivity index (χ2n) is 7.53. The first-order valence-corrected chi connectivity index (χ1v) is 11.6. The molecule has 2 unspecified atom stereocenters. The van der Waals surface area contributed by atoms with Crippen molar-refractivity contribution in [2.45, 2.75) is 53.2 Å². The van der Waals surface area contributed by atoms with Gasteiger partial charge in [0.25, 0.3) is 0 Å². The molecular weight excluding hydrogens is 416 g/mol. The van der Waals surface area contributed by atoms with E-state index in [9.17, 15) is 0 Å². The van der Waals surface area contributed by atoms with Crippen LogP contribution in [-0.4, -0.2) is 29.2 Å². The Morgan fingerprint density at radius 2 is 1.94 bits per heavy atom. The number of aromatic nitrogens is 2. The summed E-state index contributed by atoms with van der Waals surface area (Å²) >= 11 is 0. The fraction of sp³-hybridized carbons (Fsp3) is 0.385. The first-order chi connectivity index (χ1) is 16.1. The van der Waals surface area contributed by atoms with Gasteiger partial charge in [-0.05, 0) is 50.6 Å². The molecule has 176 valence electrons. The normalized spacial score (nSPS) is 15.8. The number of ether oxygens (including phenoxy) is 2. The number of rotatable bonds is 8. The van der Waals surface area contributed by atoms with E-state index in [1.165, 1.54) is 0 Å². The predicted octanol–water partition coefficient (Wildman–Crippen LogP) is 5.76. The fourth-order valence-electron chi connectivity index (χ4n) is 3.40. The molecule has 0 bridgehead atoms. The van der Waals surface area contributed by atoms with Gasteiger partial charge in [0.05, 0.1) is 12.0 Å². The predicted molar refractivity (Wildman–Crippen MR) is 131 cm³/mol. The molecule has 0 radical (unpaired) electrons. The zero-order valence-electron chi connectivity index (χ0n) is 20.1. The number of benzene rings is 1. The second-order valence-corrected chi connectivity index (χ2v) is 7.53. The molecule has 1 aromatic carbocycles. The van der Waals surface area contributed by atoms with Gasteiger partial charge in [-0.1, -0.05) is 32.9 Å². The van der Waals surface area contributed by atoms with Gasteiger partial charge >= 0.3 is 0 Å². The minimum Gasteiger partial charge on any atom is -0.485 e. The van der Waals surface area contributed by atoms with E-state index in [1.54, 1.807) is 6.26 Å². The van der Waals surface area contributed by atoms with E-state index in [1.807, 2.05) is 63.2 Å². The summed E-state index contributed by atoms with van der Waals surface area (Å²) in [4.78, 5) is 9.28. The molecule has 0 fully saturated rings. The quantitative estimate of drug-likeness (QED) is 0.452. The number of aryl methyl sites for hydroxylation is 1. The topological polar surface area (TPSA) is 81.4 Å². The maximum atomic E-state index is 6.08. The Kier molecular flexibility index (Phi) is 8.75. The van der Waals surface area contributed by atoms with Crippen LogP contribution in [0.2, 0.25) is 0 Å². The van der Waals surface area contributed by atoms with E-state index >= 15 is 0 Å². The van der Waals surface area contributed by atoms with Crippen molar-refractivity contribution in [1.82, 2.24) is 15.3 Å². The van der Waals surface area contributed by atoms with Crippen LogP contribution in [0.5, 0.6) is 11.5 Å². The van der Waals surface area contributed by atoms with Crippen LogP contribution in [0.3, 0.4) is 0 Å². The lowest BCUT2D eigenvalue weighted by Crippen LogP contribution is -2.25. The first-order valence-electron chi connectivity index (χ1n) is 11.6. The van der Waals surface area contributed by atoms with Crippen LogP contribution in [0.1, 0.15) is 57.5 Å². The number of nitrogens with zero attached hydrogens (tertiary/aromatic N) is 2. The van der Waals surface area contributed by atoms with Crippen LogP contribution in [-0.2, 0) is 0 Å². The third-order valence-corrected chi connectivity index (χ3v) is 4.81. The highest BCUT2D eigenvalue weighted by atomic mass is 16.6. The molecule has 0 spiro atoms. The zero-order valence-corrected chi connectivity index (χ0v) is 20.1. The van der Waals surface area contributed by atoms with Crippen LogP contribution >= 0.6 is 0 Å². The SMILES string of the molecule is CC.CCCN/C(=C\C(C)Nc1cc(C)nc(C2COc3ccccc3O2)n1)c1ccco1. The lowest BCUT2D eigenvalue weighted by molar-refractivity contribution is 0.0850. The number of furan rings is 1. The maximum absolute atomic E-state index is 6.08. The third-order valence-electron chi connectivity index (χ3n) is 4.81. The average Bonchev–Trinajstić information content (AvgIpc) is 3.37. The minimum atomic E-state index is -0.355. The number of para-hydroxylation sites is 2.